The van der Waals surface area contributed by atoms with Gasteiger partial charge in [0.2, 0.25) is 5.89 Å². The van der Waals surface area contributed by atoms with Crippen molar-refractivity contribution in [3.8, 4) is 5.75 Å². The molecular formula is C16H18BN3O5. The van der Waals surface area contributed by atoms with E-state index < -0.39 is 12.9 Å². The zero-order valence-electron chi connectivity index (χ0n) is 13.8. The lowest BCUT2D eigenvalue weighted by Gasteiger charge is -2.28. The first-order valence-electron chi connectivity index (χ1n) is 7.98. The van der Waals surface area contributed by atoms with E-state index in [0.717, 1.165) is 5.56 Å². The third-order valence-electron chi connectivity index (χ3n) is 4.13. The fraction of sp³-hybridized carbons (Fsp3) is 0.375. The number of ketones is 2. The fourth-order valence-corrected chi connectivity index (χ4v) is 2.92. The van der Waals surface area contributed by atoms with Crippen LogP contribution in [0.2, 0.25) is 5.82 Å². The van der Waals surface area contributed by atoms with Crippen LogP contribution in [0.1, 0.15) is 41.0 Å². The normalized spacial score (nSPS) is 16.3. The van der Waals surface area contributed by atoms with Crippen molar-refractivity contribution in [3.05, 3.63) is 41.0 Å². The molecule has 0 fully saturated rings. The van der Waals surface area contributed by atoms with Gasteiger partial charge in [0, 0.05) is 12.2 Å². The number of hydrogen-bond donors (Lipinski definition) is 2. The van der Waals surface area contributed by atoms with Crippen molar-refractivity contribution in [2.24, 2.45) is 5.73 Å². The standard InChI is InChI=1S/C16H18BN3O5/c1-9(21)13-4-2-3-10-5-11(17(23)24-16(10)13)6-12(22)7-14-19-15(8-18)25-20-14/h2-4,11,23H,5-8,18H2,1H3/t11-/m1/s1. The number of rotatable bonds is 6. The van der Waals surface area contributed by atoms with Crippen LogP contribution in [0.4, 0.5) is 0 Å². The Morgan fingerprint density at radius 3 is 2.92 bits per heavy atom. The second kappa shape index (κ2) is 7.16. The van der Waals surface area contributed by atoms with E-state index in [1.807, 2.05) is 6.07 Å². The third kappa shape index (κ3) is 3.77. The minimum atomic E-state index is -1.15. The maximum atomic E-state index is 12.2. The predicted molar refractivity (Wildman–Crippen MR) is 88.0 cm³/mol. The molecule has 1 aliphatic rings. The third-order valence-corrected chi connectivity index (χ3v) is 4.13. The SMILES string of the molecule is CC(=O)c1cccc2c1OB(O)[C@@H](CC(=O)Cc1noc(CN)n1)C2. The fourth-order valence-electron chi connectivity index (χ4n) is 2.92. The van der Waals surface area contributed by atoms with Crippen molar-refractivity contribution in [1.82, 2.24) is 10.1 Å². The Morgan fingerprint density at radius 1 is 1.44 bits per heavy atom. The zero-order chi connectivity index (χ0) is 18.0. The summed E-state index contributed by atoms with van der Waals surface area (Å²) in [5.41, 5.74) is 6.62. The zero-order valence-corrected chi connectivity index (χ0v) is 13.8. The van der Waals surface area contributed by atoms with Gasteiger partial charge < -0.3 is 19.9 Å². The maximum absolute atomic E-state index is 12.2. The second-order valence-electron chi connectivity index (χ2n) is 6.05. The van der Waals surface area contributed by atoms with Gasteiger partial charge in [-0.2, -0.15) is 4.98 Å². The number of Topliss-reactive ketones (excluding diaryl/α,β-unsaturated/α-hetero) is 2. The van der Waals surface area contributed by atoms with Crippen molar-refractivity contribution >= 4 is 18.7 Å². The summed E-state index contributed by atoms with van der Waals surface area (Å²) in [6, 6.07) is 5.26. The van der Waals surface area contributed by atoms with E-state index >= 15 is 0 Å². The number of nitrogens with zero attached hydrogens (tertiary/aromatic N) is 2. The maximum Gasteiger partial charge on any atom is 0.526 e. The van der Waals surface area contributed by atoms with Gasteiger partial charge in [-0.05, 0) is 25.0 Å². The van der Waals surface area contributed by atoms with Crippen molar-refractivity contribution in [1.29, 1.82) is 0 Å². The summed E-state index contributed by atoms with van der Waals surface area (Å²) in [7, 11) is -1.15. The van der Waals surface area contributed by atoms with Gasteiger partial charge >= 0.3 is 7.12 Å². The average molecular weight is 343 g/mol. The van der Waals surface area contributed by atoms with Crippen molar-refractivity contribution in [2.45, 2.75) is 38.5 Å². The van der Waals surface area contributed by atoms with Gasteiger partial charge in [0.1, 0.15) is 11.5 Å². The largest absolute Gasteiger partial charge is 0.535 e. The molecule has 3 N–H and O–H groups in total. The van der Waals surface area contributed by atoms with Crippen molar-refractivity contribution in [3.63, 3.8) is 0 Å². The number of nitrogens with two attached hydrogens (primary N) is 1. The Kier molecular flexibility index (Phi) is 4.96. The lowest BCUT2D eigenvalue weighted by Crippen LogP contribution is -2.36. The summed E-state index contributed by atoms with van der Waals surface area (Å²) >= 11 is 0. The van der Waals surface area contributed by atoms with Crippen LogP contribution in [0.5, 0.6) is 5.75 Å². The monoisotopic (exact) mass is 343 g/mol. The number of para-hydroxylation sites is 1. The molecule has 0 saturated carbocycles. The molecule has 0 amide bonds. The molecule has 1 aliphatic heterocycles. The second-order valence-corrected chi connectivity index (χ2v) is 6.05. The number of carbonyl (C=O) groups is 2. The topological polar surface area (TPSA) is 129 Å². The molecule has 0 saturated heterocycles. The smallest absolute Gasteiger partial charge is 0.526 e. The quantitative estimate of drug-likeness (QED) is 0.580. The molecule has 2 aromatic rings. The molecule has 2 heterocycles. The van der Waals surface area contributed by atoms with Crippen LogP contribution in [0.25, 0.3) is 0 Å². The van der Waals surface area contributed by atoms with Crippen LogP contribution in [0.3, 0.4) is 0 Å². The summed E-state index contributed by atoms with van der Waals surface area (Å²) < 4.78 is 10.4. The summed E-state index contributed by atoms with van der Waals surface area (Å²) in [5.74, 6) is 0.278. The number of carbonyl (C=O) groups excluding carboxylic acids is 2. The highest BCUT2D eigenvalue weighted by atomic mass is 16.5. The highest BCUT2D eigenvalue weighted by molar-refractivity contribution is 6.47. The van der Waals surface area contributed by atoms with E-state index in [1.165, 1.54) is 6.92 Å². The predicted octanol–water partition coefficient (Wildman–Crippen LogP) is 0.718. The first-order valence-corrected chi connectivity index (χ1v) is 7.98. The van der Waals surface area contributed by atoms with Gasteiger partial charge in [-0.1, -0.05) is 17.3 Å². The van der Waals surface area contributed by atoms with E-state index in [2.05, 4.69) is 10.1 Å². The van der Waals surface area contributed by atoms with Gasteiger partial charge in [0.05, 0.1) is 18.5 Å². The van der Waals surface area contributed by atoms with E-state index in [-0.39, 0.29) is 42.7 Å². The molecule has 25 heavy (non-hydrogen) atoms. The number of hydrogen-bond acceptors (Lipinski definition) is 8. The molecule has 1 aromatic heterocycles. The van der Waals surface area contributed by atoms with Crippen LogP contribution in [0, 0.1) is 0 Å². The van der Waals surface area contributed by atoms with Crippen molar-refractivity contribution in [2.75, 3.05) is 0 Å². The van der Waals surface area contributed by atoms with E-state index in [0.29, 0.717) is 17.7 Å². The molecule has 8 nitrogen and oxygen atoms in total. The molecule has 1 aromatic carbocycles. The Hall–Kier alpha value is -2.52. The van der Waals surface area contributed by atoms with Gasteiger partial charge in [-0.25, -0.2) is 0 Å². The lowest BCUT2D eigenvalue weighted by atomic mass is 9.64. The summed E-state index contributed by atoms with van der Waals surface area (Å²) in [5, 5.41) is 13.9. The average Bonchev–Trinajstić information content (AvgIpc) is 3.02. The summed E-state index contributed by atoms with van der Waals surface area (Å²) in [4.78, 5) is 27.9. The summed E-state index contributed by atoms with van der Waals surface area (Å²) in [6.07, 6.45) is 0.564. The van der Waals surface area contributed by atoms with Crippen molar-refractivity contribution < 1.29 is 23.8 Å². The molecule has 9 heteroatoms. The lowest BCUT2D eigenvalue weighted by molar-refractivity contribution is -0.118. The first-order chi connectivity index (χ1) is 12.0. The Bertz CT molecular complexity index is 807. The molecule has 1 atom stereocenters. The molecule has 0 aliphatic carbocycles. The minimum Gasteiger partial charge on any atom is -0.535 e. The summed E-state index contributed by atoms with van der Waals surface area (Å²) in [6.45, 7) is 1.56. The highest BCUT2D eigenvalue weighted by Crippen LogP contribution is 2.36. The van der Waals surface area contributed by atoms with Gasteiger partial charge in [-0.15, -0.1) is 0 Å². The molecule has 0 unspecified atom stereocenters. The van der Waals surface area contributed by atoms with Crippen LogP contribution in [0.15, 0.2) is 22.7 Å². The van der Waals surface area contributed by atoms with Crippen LogP contribution in [-0.4, -0.2) is 33.8 Å². The van der Waals surface area contributed by atoms with Crippen LogP contribution in [-0.2, 0) is 24.2 Å². The van der Waals surface area contributed by atoms with Gasteiger partial charge in [0.25, 0.3) is 0 Å². The van der Waals surface area contributed by atoms with Crippen LogP contribution < -0.4 is 10.4 Å². The minimum absolute atomic E-state index is 0.00701. The number of fused-ring (bicyclic) bond motifs is 1. The number of aromatic nitrogens is 2. The molecule has 0 spiro atoms. The van der Waals surface area contributed by atoms with Gasteiger partial charge in [0.15, 0.2) is 11.6 Å². The van der Waals surface area contributed by atoms with E-state index in [9.17, 15) is 14.6 Å². The Labute approximate surface area is 144 Å². The van der Waals surface area contributed by atoms with Crippen LogP contribution >= 0.6 is 0 Å². The molecule has 0 bridgehead atoms. The van der Waals surface area contributed by atoms with E-state index in [1.54, 1.807) is 12.1 Å². The Morgan fingerprint density at radius 2 is 2.24 bits per heavy atom. The Balaban J connectivity index is 1.68. The number of benzene rings is 1. The molecule has 0 radical (unpaired) electrons. The van der Waals surface area contributed by atoms with E-state index in [4.69, 9.17) is 14.9 Å². The van der Waals surface area contributed by atoms with Gasteiger partial charge in [-0.3, -0.25) is 9.59 Å². The molecule has 130 valence electrons. The first kappa shape index (κ1) is 17.3. The highest BCUT2D eigenvalue weighted by Gasteiger charge is 2.37. The molecular weight excluding hydrogens is 325 g/mol. The molecule has 3 rings (SSSR count).